The minimum absolute atomic E-state index is 0.187. The van der Waals surface area contributed by atoms with Gasteiger partial charge in [0.1, 0.15) is 0 Å². The highest BCUT2D eigenvalue weighted by molar-refractivity contribution is 6.35. The zero-order valence-corrected chi connectivity index (χ0v) is 13.3. The topological polar surface area (TPSA) is 12.0 Å². The van der Waals surface area contributed by atoms with Crippen LogP contribution in [-0.2, 0) is 12.8 Å². The lowest BCUT2D eigenvalue weighted by Crippen LogP contribution is -2.19. The molecule has 106 valence electrons. The van der Waals surface area contributed by atoms with E-state index in [4.69, 9.17) is 23.2 Å². The molecule has 0 radical (unpaired) electrons. The molecule has 0 aliphatic heterocycles. The molecule has 0 aromatic heterocycles. The predicted octanol–water partition coefficient (Wildman–Crippen LogP) is 5.06. The lowest BCUT2D eigenvalue weighted by atomic mass is 9.98. The first-order chi connectivity index (χ1) is 9.63. The van der Waals surface area contributed by atoms with Crippen molar-refractivity contribution in [1.29, 1.82) is 0 Å². The number of aryl methyl sites for hydroxylation is 1. The lowest BCUT2D eigenvalue weighted by molar-refractivity contribution is 0.592. The molecule has 0 saturated carbocycles. The minimum atomic E-state index is 0.187. The summed E-state index contributed by atoms with van der Waals surface area (Å²) < 4.78 is 0. The highest BCUT2D eigenvalue weighted by atomic mass is 35.5. The third kappa shape index (κ3) is 3.76. The Hall–Kier alpha value is -1.02. The Morgan fingerprint density at radius 2 is 1.65 bits per heavy atom. The first kappa shape index (κ1) is 15.4. The van der Waals surface area contributed by atoms with Crippen molar-refractivity contribution in [1.82, 2.24) is 5.32 Å². The Bertz CT molecular complexity index is 564. The maximum atomic E-state index is 6.29. The van der Waals surface area contributed by atoms with E-state index in [0.29, 0.717) is 10.0 Å². The molecule has 1 N–H and O–H groups in total. The van der Waals surface area contributed by atoms with Gasteiger partial charge in [-0.15, -0.1) is 0 Å². The normalized spacial score (nSPS) is 12.4. The van der Waals surface area contributed by atoms with E-state index in [1.165, 1.54) is 11.1 Å². The molecular weight excluding hydrogens is 289 g/mol. The summed E-state index contributed by atoms with van der Waals surface area (Å²) in [6, 6.07) is 14.6. The van der Waals surface area contributed by atoms with Crippen molar-refractivity contribution in [2.45, 2.75) is 25.8 Å². The van der Waals surface area contributed by atoms with Crippen LogP contribution in [0.4, 0.5) is 0 Å². The standard InChI is InChI=1S/C17H19Cl2N/c1-3-12-4-6-13(7-5-12)10-17(20-2)15-9-8-14(18)11-16(15)19/h4-9,11,17,20H,3,10H2,1-2H3. The fourth-order valence-electron chi connectivity index (χ4n) is 2.30. The molecule has 2 aromatic carbocycles. The number of rotatable bonds is 5. The number of halogens is 2. The van der Waals surface area contributed by atoms with Crippen LogP contribution in [0.5, 0.6) is 0 Å². The van der Waals surface area contributed by atoms with Gasteiger partial charge in [-0.05, 0) is 48.7 Å². The molecule has 0 amide bonds. The first-order valence-electron chi connectivity index (χ1n) is 6.84. The van der Waals surface area contributed by atoms with Crippen LogP contribution in [0.2, 0.25) is 10.0 Å². The van der Waals surface area contributed by atoms with Crippen LogP contribution < -0.4 is 5.32 Å². The van der Waals surface area contributed by atoms with Gasteiger partial charge in [0.2, 0.25) is 0 Å². The number of likely N-dealkylation sites (N-methyl/N-ethyl adjacent to an activating group) is 1. The molecule has 0 aliphatic rings. The monoisotopic (exact) mass is 307 g/mol. The van der Waals surface area contributed by atoms with E-state index in [0.717, 1.165) is 18.4 Å². The van der Waals surface area contributed by atoms with E-state index in [2.05, 4.69) is 36.5 Å². The van der Waals surface area contributed by atoms with Gasteiger partial charge in [-0.3, -0.25) is 0 Å². The summed E-state index contributed by atoms with van der Waals surface area (Å²) in [7, 11) is 1.95. The molecule has 1 unspecified atom stereocenters. The Balaban J connectivity index is 2.19. The predicted molar refractivity (Wildman–Crippen MR) is 87.8 cm³/mol. The second kappa shape index (κ2) is 7.12. The average molecular weight is 308 g/mol. The molecule has 2 aromatic rings. The summed E-state index contributed by atoms with van der Waals surface area (Å²) in [5.74, 6) is 0. The van der Waals surface area contributed by atoms with Crippen LogP contribution in [0.15, 0.2) is 42.5 Å². The van der Waals surface area contributed by atoms with Crippen LogP contribution in [0, 0.1) is 0 Å². The van der Waals surface area contributed by atoms with E-state index < -0.39 is 0 Å². The van der Waals surface area contributed by atoms with Crippen LogP contribution >= 0.6 is 23.2 Å². The first-order valence-corrected chi connectivity index (χ1v) is 7.59. The van der Waals surface area contributed by atoms with E-state index in [1.54, 1.807) is 6.07 Å². The molecule has 3 heteroatoms. The third-order valence-electron chi connectivity index (χ3n) is 3.56. The van der Waals surface area contributed by atoms with Gasteiger partial charge in [-0.2, -0.15) is 0 Å². The summed E-state index contributed by atoms with van der Waals surface area (Å²) in [4.78, 5) is 0. The summed E-state index contributed by atoms with van der Waals surface area (Å²) in [5, 5.41) is 4.71. The van der Waals surface area contributed by atoms with Crippen LogP contribution in [0.25, 0.3) is 0 Å². The van der Waals surface area contributed by atoms with Crippen molar-refractivity contribution < 1.29 is 0 Å². The SMILES string of the molecule is CCc1ccc(CC(NC)c2ccc(Cl)cc2Cl)cc1. The van der Waals surface area contributed by atoms with Gasteiger partial charge in [0.05, 0.1) is 0 Å². The number of benzene rings is 2. The maximum Gasteiger partial charge on any atom is 0.0468 e. The Kier molecular flexibility index (Phi) is 5.47. The van der Waals surface area contributed by atoms with Crippen molar-refractivity contribution in [2.75, 3.05) is 7.05 Å². The van der Waals surface area contributed by atoms with Crippen LogP contribution in [0.1, 0.15) is 29.7 Å². The van der Waals surface area contributed by atoms with E-state index in [-0.39, 0.29) is 6.04 Å². The number of hydrogen-bond donors (Lipinski definition) is 1. The van der Waals surface area contributed by atoms with Gasteiger partial charge in [-0.25, -0.2) is 0 Å². The van der Waals surface area contributed by atoms with Crippen molar-refractivity contribution >= 4 is 23.2 Å². The number of hydrogen-bond acceptors (Lipinski definition) is 1. The van der Waals surface area contributed by atoms with Gasteiger partial charge in [0.25, 0.3) is 0 Å². The average Bonchev–Trinajstić information content (AvgIpc) is 2.46. The Morgan fingerprint density at radius 3 is 2.20 bits per heavy atom. The maximum absolute atomic E-state index is 6.29. The fourth-order valence-corrected chi connectivity index (χ4v) is 2.84. The highest BCUT2D eigenvalue weighted by Gasteiger charge is 2.13. The van der Waals surface area contributed by atoms with Gasteiger partial charge < -0.3 is 5.32 Å². The van der Waals surface area contributed by atoms with Gasteiger partial charge in [-0.1, -0.05) is 60.5 Å². The van der Waals surface area contributed by atoms with E-state index >= 15 is 0 Å². The second-order valence-electron chi connectivity index (χ2n) is 4.88. The molecular formula is C17H19Cl2N. The fraction of sp³-hybridized carbons (Fsp3) is 0.294. The molecule has 0 bridgehead atoms. The van der Waals surface area contributed by atoms with Crippen molar-refractivity contribution in [3.8, 4) is 0 Å². The summed E-state index contributed by atoms with van der Waals surface area (Å²) in [6.45, 7) is 2.17. The zero-order chi connectivity index (χ0) is 14.5. The highest BCUT2D eigenvalue weighted by Crippen LogP contribution is 2.28. The van der Waals surface area contributed by atoms with Crippen molar-refractivity contribution in [3.63, 3.8) is 0 Å². The summed E-state index contributed by atoms with van der Waals surface area (Å²) in [5.41, 5.74) is 3.74. The van der Waals surface area contributed by atoms with Crippen LogP contribution in [-0.4, -0.2) is 7.05 Å². The van der Waals surface area contributed by atoms with Gasteiger partial charge >= 0.3 is 0 Å². The summed E-state index contributed by atoms with van der Waals surface area (Å²) in [6.07, 6.45) is 1.97. The molecule has 1 nitrogen and oxygen atoms in total. The van der Waals surface area contributed by atoms with Crippen molar-refractivity contribution in [2.24, 2.45) is 0 Å². The minimum Gasteiger partial charge on any atom is -0.313 e. The molecule has 0 fully saturated rings. The molecule has 0 saturated heterocycles. The lowest BCUT2D eigenvalue weighted by Gasteiger charge is -2.18. The quantitative estimate of drug-likeness (QED) is 0.814. The molecule has 20 heavy (non-hydrogen) atoms. The molecule has 1 atom stereocenters. The molecule has 0 spiro atoms. The smallest absolute Gasteiger partial charge is 0.0468 e. The molecule has 0 aliphatic carbocycles. The van der Waals surface area contributed by atoms with Crippen molar-refractivity contribution in [3.05, 3.63) is 69.2 Å². The molecule has 2 rings (SSSR count). The Labute approximate surface area is 130 Å². The van der Waals surface area contributed by atoms with E-state index in [9.17, 15) is 0 Å². The van der Waals surface area contributed by atoms with Gasteiger partial charge in [0, 0.05) is 16.1 Å². The number of nitrogens with one attached hydrogen (secondary N) is 1. The van der Waals surface area contributed by atoms with Crippen LogP contribution in [0.3, 0.4) is 0 Å². The largest absolute Gasteiger partial charge is 0.313 e. The zero-order valence-electron chi connectivity index (χ0n) is 11.8. The third-order valence-corrected chi connectivity index (χ3v) is 4.12. The summed E-state index contributed by atoms with van der Waals surface area (Å²) >= 11 is 12.2. The second-order valence-corrected chi connectivity index (χ2v) is 5.72. The Morgan fingerprint density at radius 1 is 1.00 bits per heavy atom. The molecule has 0 heterocycles. The van der Waals surface area contributed by atoms with Gasteiger partial charge in [0.15, 0.2) is 0 Å². The van der Waals surface area contributed by atoms with E-state index in [1.807, 2.05) is 19.2 Å².